The van der Waals surface area contributed by atoms with E-state index >= 15 is 0 Å². The Kier molecular flexibility index (Phi) is 43.3. The van der Waals surface area contributed by atoms with Crippen molar-refractivity contribution in [2.75, 3.05) is 39.6 Å². The zero-order valence-electron chi connectivity index (χ0n) is 44.3. The number of rotatable bonds is 50. The Morgan fingerprint density at radius 3 is 1.01 bits per heavy atom. The van der Waals surface area contributed by atoms with Crippen LogP contribution in [0.5, 0.6) is 0 Å². The standard InChI is InChI=1S/C51H98O17P2/c1-7-11-13-19-27-33-48(53)61-39-46(67-50(55)35-29-20-14-12-8-2)41-65-69(57,58)63-37-45(52)38-64-70(59,60)66-42-47(68-51(56)36-30-24-18-16-22-26-32-44(6)10-4)40-62-49(54)34-28-23-17-15-21-25-31-43(5)9-3/h43-47,52H,7-42H2,1-6H3,(H,57,58)(H,59,60)/t43?,44?,45-,46+,47+/m0/s1. The van der Waals surface area contributed by atoms with Gasteiger partial charge in [-0.15, -0.1) is 0 Å². The van der Waals surface area contributed by atoms with E-state index in [-0.39, 0.29) is 25.7 Å². The molecule has 70 heavy (non-hydrogen) atoms. The minimum absolute atomic E-state index is 0.0980. The number of hydrogen-bond acceptors (Lipinski definition) is 15. The summed E-state index contributed by atoms with van der Waals surface area (Å²) in [6, 6.07) is 0. The first kappa shape index (κ1) is 68.1. The molecule has 19 heteroatoms. The number of carbonyl (C=O) groups is 4. The highest BCUT2D eigenvalue weighted by Crippen LogP contribution is 2.45. The molecule has 0 aromatic carbocycles. The number of aliphatic hydroxyl groups excluding tert-OH is 1. The number of ether oxygens (including phenoxy) is 4. The summed E-state index contributed by atoms with van der Waals surface area (Å²) in [6.07, 6.45) is 22.0. The van der Waals surface area contributed by atoms with Crippen LogP contribution in [0.15, 0.2) is 0 Å². The molecule has 0 heterocycles. The van der Waals surface area contributed by atoms with E-state index in [9.17, 15) is 43.2 Å². The smallest absolute Gasteiger partial charge is 0.462 e. The van der Waals surface area contributed by atoms with Crippen LogP contribution in [0.2, 0.25) is 0 Å². The zero-order valence-corrected chi connectivity index (χ0v) is 46.1. The Labute approximate surface area is 422 Å². The van der Waals surface area contributed by atoms with E-state index in [1.807, 2.05) is 0 Å². The molecule has 3 N–H and O–H groups in total. The summed E-state index contributed by atoms with van der Waals surface area (Å²) in [4.78, 5) is 71.0. The Hall–Kier alpha value is -1.94. The van der Waals surface area contributed by atoms with Gasteiger partial charge in [-0.1, -0.05) is 183 Å². The van der Waals surface area contributed by atoms with Crippen molar-refractivity contribution in [1.29, 1.82) is 0 Å². The lowest BCUT2D eigenvalue weighted by molar-refractivity contribution is -0.161. The van der Waals surface area contributed by atoms with Gasteiger partial charge in [-0.05, 0) is 37.5 Å². The van der Waals surface area contributed by atoms with Gasteiger partial charge in [0.1, 0.15) is 19.3 Å². The highest BCUT2D eigenvalue weighted by Gasteiger charge is 2.30. The van der Waals surface area contributed by atoms with Crippen LogP contribution in [0, 0.1) is 11.8 Å². The normalized spacial score (nSPS) is 15.5. The van der Waals surface area contributed by atoms with E-state index in [0.717, 1.165) is 115 Å². The molecule has 0 saturated heterocycles. The molecule has 0 aromatic heterocycles. The second-order valence-electron chi connectivity index (χ2n) is 19.0. The maximum Gasteiger partial charge on any atom is 0.472 e. The Morgan fingerprint density at radius 1 is 0.400 bits per heavy atom. The lowest BCUT2D eigenvalue weighted by Crippen LogP contribution is -2.30. The van der Waals surface area contributed by atoms with Gasteiger partial charge in [0.05, 0.1) is 26.4 Å². The molecule has 0 bridgehead atoms. The van der Waals surface area contributed by atoms with Crippen molar-refractivity contribution >= 4 is 39.5 Å². The monoisotopic (exact) mass is 1040 g/mol. The number of aliphatic hydroxyl groups is 1. The number of phosphoric ester groups is 2. The molecule has 4 unspecified atom stereocenters. The predicted molar refractivity (Wildman–Crippen MR) is 271 cm³/mol. The molecular formula is C51H98O17P2. The fourth-order valence-corrected chi connectivity index (χ4v) is 8.75. The second kappa shape index (κ2) is 44.5. The van der Waals surface area contributed by atoms with Crippen molar-refractivity contribution in [3.05, 3.63) is 0 Å². The van der Waals surface area contributed by atoms with Crippen LogP contribution in [0.25, 0.3) is 0 Å². The molecule has 0 saturated carbocycles. The number of esters is 4. The summed E-state index contributed by atoms with van der Waals surface area (Å²) in [6.45, 7) is 9.10. The third-order valence-electron chi connectivity index (χ3n) is 12.2. The van der Waals surface area contributed by atoms with Gasteiger partial charge in [-0.3, -0.25) is 37.3 Å². The number of carbonyl (C=O) groups excluding carboxylic acids is 4. The molecule has 0 aliphatic rings. The molecule has 17 nitrogen and oxygen atoms in total. The molecule has 414 valence electrons. The van der Waals surface area contributed by atoms with Crippen molar-refractivity contribution < 1.29 is 80.2 Å². The summed E-state index contributed by atoms with van der Waals surface area (Å²) in [7, 11) is -9.84. The summed E-state index contributed by atoms with van der Waals surface area (Å²) in [5.74, 6) is -0.728. The lowest BCUT2D eigenvalue weighted by atomic mass is 10.00. The number of unbranched alkanes of at least 4 members (excludes halogenated alkanes) is 18. The molecule has 7 atom stereocenters. The quantitative estimate of drug-likeness (QED) is 0.0222. The van der Waals surface area contributed by atoms with Crippen molar-refractivity contribution in [1.82, 2.24) is 0 Å². The van der Waals surface area contributed by atoms with Crippen LogP contribution >= 0.6 is 15.6 Å². The zero-order chi connectivity index (χ0) is 52.3. The van der Waals surface area contributed by atoms with Crippen molar-refractivity contribution in [2.45, 2.75) is 252 Å². The largest absolute Gasteiger partial charge is 0.472 e. The highest BCUT2D eigenvalue weighted by atomic mass is 31.2. The van der Waals surface area contributed by atoms with Crippen molar-refractivity contribution in [3.8, 4) is 0 Å². The number of hydrogen-bond donors (Lipinski definition) is 3. The molecule has 0 aliphatic carbocycles. The minimum atomic E-state index is -4.93. The molecule has 0 spiro atoms. The molecule has 0 radical (unpaired) electrons. The molecule has 0 amide bonds. The van der Waals surface area contributed by atoms with Crippen LogP contribution < -0.4 is 0 Å². The van der Waals surface area contributed by atoms with Gasteiger partial charge in [-0.2, -0.15) is 0 Å². The number of phosphoric acid groups is 2. The average molecular weight is 1050 g/mol. The van der Waals surface area contributed by atoms with Gasteiger partial charge in [0.25, 0.3) is 0 Å². The van der Waals surface area contributed by atoms with E-state index in [1.165, 1.54) is 38.5 Å². The van der Waals surface area contributed by atoms with Crippen LogP contribution in [0.1, 0.15) is 234 Å². The van der Waals surface area contributed by atoms with Gasteiger partial charge < -0.3 is 33.8 Å². The van der Waals surface area contributed by atoms with Crippen LogP contribution in [-0.4, -0.2) is 96.7 Å². The maximum absolute atomic E-state index is 12.8. The fourth-order valence-electron chi connectivity index (χ4n) is 7.17. The Morgan fingerprint density at radius 2 is 0.686 bits per heavy atom. The van der Waals surface area contributed by atoms with Crippen molar-refractivity contribution in [3.63, 3.8) is 0 Å². The molecule has 0 rings (SSSR count). The van der Waals surface area contributed by atoms with E-state index in [4.69, 9.17) is 37.0 Å². The second-order valence-corrected chi connectivity index (χ2v) is 21.9. The molecular weight excluding hydrogens is 946 g/mol. The van der Waals surface area contributed by atoms with Crippen molar-refractivity contribution in [2.24, 2.45) is 11.8 Å². The maximum atomic E-state index is 12.8. The van der Waals surface area contributed by atoms with Gasteiger partial charge in [0.2, 0.25) is 0 Å². The first-order valence-electron chi connectivity index (χ1n) is 27.1. The summed E-state index contributed by atoms with van der Waals surface area (Å²) < 4.78 is 67.0. The van der Waals surface area contributed by atoms with E-state index < -0.39 is 97.5 Å². The van der Waals surface area contributed by atoms with Gasteiger partial charge in [-0.25, -0.2) is 9.13 Å². The first-order valence-corrected chi connectivity index (χ1v) is 30.1. The predicted octanol–water partition coefficient (Wildman–Crippen LogP) is 12.6. The van der Waals surface area contributed by atoms with Crippen LogP contribution in [0.3, 0.4) is 0 Å². The fraction of sp³-hybridized carbons (Fsp3) is 0.922. The first-order chi connectivity index (χ1) is 33.4. The Balaban J connectivity index is 5.18. The van der Waals surface area contributed by atoms with Gasteiger partial charge in [0, 0.05) is 25.7 Å². The highest BCUT2D eigenvalue weighted by molar-refractivity contribution is 7.47. The molecule has 0 fully saturated rings. The Bertz CT molecular complexity index is 1420. The summed E-state index contributed by atoms with van der Waals surface area (Å²) >= 11 is 0. The van der Waals surface area contributed by atoms with Gasteiger partial charge >= 0.3 is 39.5 Å². The lowest BCUT2D eigenvalue weighted by Gasteiger charge is -2.21. The average Bonchev–Trinajstić information content (AvgIpc) is 3.33. The summed E-state index contributed by atoms with van der Waals surface area (Å²) in [5, 5.41) is 10.4. The summed E-state index contributed by atoms with van der Waals surface area (Å²) in [5.41, 5.74) is 0. The minimum Gasteiger partial charge on any atom is -0.462 e. The molecule has 0 aliphatic heterocycles. The van der Waals surface area contributed by atoms with Crippen LogP contribution in [-0.2, 0) is 65.4 Å². The van der Waals surface area contributed by atoms with Gasteiger partial charge in [0.15, 0.2) is 12.2 Å². The van der Waals surface area contributed by atoms with E-state index in [2.05, 4.69) is 41.5 Å². The molecule has 0 aromatic rings. The third kappa shape index (κ3) is 43.6. The topological polar surface area (TPSA) is 237 Å². The van der Waals surface area contributed by atoms with E-state index in [0.29, 0.717) is 25.7 Å². The third-order valence-corrected chi connectivity index (χ3v) is 14.1. The van der Waals surface area contributed by atoms with Crippen LogP contribution in [0.4, 0.5) is 0 Å². The van der Waals surface area contributed by atoms with E-state index in [1.54, 1.807) is 0 Å². The SMILES string of the molecule is CCCCCCCC(=O)OC[C@H](COP(=O)(O)OC[C@H](O)COP(=O)(O)OC[C@@H](COC(=O)CCCCCCCCC(C)CC)OC(=O)CCCCCCCCC(C)CC)OC(=O)CCCCCCC.